The quantitative estimate of drug-likeness (QED) is 0.882. The van der Waals surface area contributed by atoms with Crippen molar-refractivity contribution in [3.05, 3.63) is 35.9 Å². The van der Waals surface area contributed by atoms with Crippen LogP contribution in [0.2, 0.25) is 0 Å². The topological polar surface area (TPSA) is 52.9 Å². The molecular formula is C18H25NO3. The normalized spacial score (nSPS) is 39.5. The molecule has 1 aromatic rings. The highest BCUT2D eigenvalue weighted by molar-refractivity contribution is 5.36. The molecule has 4 rings (SSSR count). The van der Waals surface area contributed by atoms with E-state index in [1.165, 1.54) is 5.56 Å². The highest BCUT2D eigenvalue weighted by atomic mass is 16.5. The van der Waals surface area contributed by atoms with Gasteiger partial charge in [0.05, 0.1) is 6.10 Å². The zero-order valence-electron chi connectivity index (χ0n) is 12.9. The number of benzene rings is 1. The molecule has 1 aromatic carbocycles. The molecule has 1 saturated carbocycles. The fourth-order valence-electron chi connectivity index (χ4n) is 4.93. The SMILES string of the molecule is OC[C@@H]1[C@@H](c2ccccc2)[C@]12CN(C1CCOCC1)C[C@H]2O. The second-order valence-electron chi connectivity index (χ2n) is 7.08. The maximum absolute atomic E-state index is 10.8. The molecule has 3 aliphatic rings. The summed E-state index contributed by atoms with van der Waals surface area (Å²) in [7, 11) is 0. The lowest BCUT2D eigenvalue weighted by molar-refractivity contribution is 0.0376. The molecule has 0 amide bonds. The van der Waals surface area contributed by atoms with E-state index in [2.05, 4.69) is 17.0 Å². The van der Waals surface area contributed by atoms with Crippen LogP contribution in [0.5, 0.6) is 0 Å². The van der Waals surface area contributed by atoms with E-state index in [1.54, 1.807) is 0 Å². The molecule has 0 bridgehead atoms. The van der Waals surface area contributed by atoms with Gasteiger partial charge in [0, 0.05) is 44.4 Å². The Morgan fingerprint density at radius 2 is 1.91 bits per heavy atom. The number of aliphatic hydroxyl groups excluding tert-OH is 2. The second-order valence-corrected chi connectivity index (χ2v) is 7.08. The standard InChI is InChI=1S/C18H25NO3/c20-11-15-17(13-4-2-1-3-5-13)18(15)12-19(10-16(18)21)14-6-8-22-9-7-14/h1-5,14-17,20-21H,6-12H2/t15-,16-,17-,18-/m1/s1. The third-order valence-electron chi connectivity index (χ3n) is 6.13. The van der Waals surface area contributed by atoms with Gasteiger partial charge in [0.2, 0.25) is 0 Å². The van der Waals surface area contributed by atoms with E-state index < -0.39 is 0 Å². The first-order valence-electron chi connectivity index (χ1n) is 8.43. The van der Waals surface area contributed by atoms with Gasteiger partial charge in [0.1, 0.15) is 0 Å². The molecule has 120 valence electrons. The average Bonchev–Trinajstić information content (AvgIpc) is 3.11. The molecule has 4 nitrogen and oxygen atoms in total. The number of hydrogen-bond acceptors (Lipinski definition) is 4. The van der Waals surface area contributed by atoms with Crippen LogP contribution < -0.4 is 0 Å². The van der Waals surface area contributed by atoms with Crippen molar-refractivity contribution in [2.24, 2.45) is 11.3 Å². The molecule has 2 N–H and O–H groups in total. The molecule has 4 heteroatoms. The summed E-state index contributed by atoms with van der Waals surface area (Å²) in [6.07, 6.45) is 1.78. The molecule has 2 aliphatic heterocycles. The number of β-amino-alcohol motifs (C(OH)–C–C–N with tert-alkyl or cyclic N) is 1. The third-order valence-corrected chi connectivity index (χ3v) is 6.13. The molecule has 0 aromatic heterocycles. The van der Waals surface area contributed by atoms with E-state index in [1.807, 2.05) is 18.2 Å². The summed E-state index contributed by atoms with van der Waals surface area (Å²) < 4.78 is 5.46. The van der Waals surface area contributed by atoms with E-state index >= 15 is 0 Å². The fraction of sp³-hybridized carbons (Fsp3) is 0.667. The molecule has 2 heterocycles. The number of nitrogens with zero attached hydrogens (tertiary/aromatic N) is 1. The van der Waals surface area contributed by atoms with Gasteiger partial charge < -0.3 is 14.9 Å². The lowest BCUT2D eigenvalue weighted by atomic mass is 9.95. The molecule has 1 aliphatic carbocycles. The van der Waals surface area contributed by atoms with Crippen LogP contribution in [0.4, 0.5) is 0 Å². The van der Waals surface area contributed by atoms with Gasteiger partial charge in [-0.1, -0.05) is 30.3 Å². The summed E-state index contributed by atoms with van der Waals surface area (Å²) in [6.45, 7) is 3.47. The van der Waals surface area contributed by atoms with Gasteiger partial charge in [-0.25, -0.2) is 0 Å². The van der Waals surface area contributed by atoms with Crippen LogP contribution in [-0.2, 0) is 4.74 Å². The van der Waals surface area contributed by atoms with Gasteiger partial charge in [-0.3, -0.25) is 4.90 Å². The minimum atomic E-state index is -0.335. The number of likely N-dealkylation sites (tertiary alicyclic amines) is 1. The maximum Gasteiger partial charge on any atom is 0.0745 e. The van der Waals surface area contributed by atoms with Crippen molar-refractivity contribution < 1.29 is 14.9 Å². The Morgan fingerprint density at radius 3 is 2.59 bits per heavy atom. The Kier molecular flexibility index (Phi) is 3.73. The van der Waals surface area contributed by atoms with Crippen LogP contribution in [0.3, 0.4) is 0 Å². The van der Waals surface area contributed by atoms with Gasteiger partial charge in [0.15, 0.2) is 0 Å². The van der Waals surface area contributed by atoms with Gasteiger partial charge in [0.25, 0.3) is 0 Å². The van der Waals surface area contributed by atoms with Crippen LogP contribution in [0, 0.1) is 11.3 Å². The largest absolute Gasteiger partial charge is 0.396 e. The number of hydrogen-bond donors (Lipinski definition) is 2. The first-order chi connectivity index (χ1) is 10.8. The van der Waals surface area contributed by atoms with Crippen LogP contribution in [-0.4, -0.2) is 60.2 Å². The molecule has 4 atom stereocenters. The lowest BCUT2D eigenvalue weighted by Gasteiger charge is -2.31. The monoisotopic (exact) mass is 303 g/mol. The molecule has 1 spiro atoms. The zero-order chi connectivity index (χ0) is 15.2. The summed E-state index contributed by atoms with van der Waals surface area (Å²) >= 11 is 0. The van der Waals surface area contributed by atoms with Gasteiger partial charge in [-0.15, -0.1) is 0 Å². The maximum atomic E-state index is 10.8. The molecule has 0 radical (unpaired) electrons. The number of ether oxygens (including phenoxy) is 1. The summed E-state index contributed by atoms with van der Waals surface area (Å²) in [5, 5.41) is 20.6. The van der Waals surface area contributed by atoms with Gasteiger partial charge >= 0.3 is 0 Å². The lowest BCUT2D eigenvalue weighted by Crippen LogP contribution is -2.38. The molecule has 3 fully saturated rings. The molecule has 22 heavy (non-hydrogen) atoms. The van der Waals surface area contributed by atoms with Crippen LogP contribution in [0.15, 0.2) is 30.3 Å². The molecule has 0 unspecified atom stereocenters. The minimum Gasteiger partial charge on any atom is -0.396 e. The minimum absolute atomic E-state index is 0.144. The zero-order valence-corrected chi connectivity index (χ0v) is 12.9. The van der Waals surface area contributed by atoms with Crippen molar-refractivity contribution >= 4 is 0 Å². The van der Waals surface area contributed by atoms with E-state index in [9.17, 15) is 10.2 Å². The summed E-state index contributed by atoms with van der Waals surface area (Å²) in [5.74, 6) is 0.480. The predicted octanol–water partition coefficient (Wildman–Crippen LogP) is 1.23. The van der Waals surface area contributed by atoms with Crippen molar-refractivity contribution in [1.29, 1.82) is 0 Å². The highest BCUT2D eigenvalue weighted by Crippen LogP contribution is 2.68. The third kappa shape index (κ3) is 2.13. The van der Waals surface area contributed by atoms with Crippen LogP contribution in [0.1, 0.15) is 24.3 Å². The first kappa shape index (κ1) is 14.6. The Morgan fingerprint density at radius 1 is 1.18 bits per heavy atom. The van der Waals surface area contributed by atoms with Crippen LogP contribution in [0.25, 0.3) is 0 Å². The van der Waals surface area contributed by atoms with E-state index in [4.69, 9.17) is 4.74 Å². The average molecular weight is 303 g/mol. The van der Waals surface area contributed by atoms with E-state index in [0.717, 1.165) is 39.1 Å². The van der Waals surface area contributed by atoms with Gasteiger partial charge in [-0.2, -0.15) is 0 Å². The smallest absolute Gasteiger partial charge is 0.0745 e. The number of aliphatic hydroxyl groups is 2. The Labute approximate surface area is 131 Å². The Balaban J connectivity index is 1.55. The van der Waals surface area contributed by atoms with Crippen LogP contribution >= 0.6 is 0 Å². The van der Waals surface area contributed by atoms with Crippen molar-refractivity contribution in [3.8, 4) is 0 Å². The second kappa shape index (κ2) is 5.60. The first-order valence-corrected chi connectivity index (χ1v) is 8.43. The van der Waals surface area contributed by atoms with Crippen molar-refractivity contribution in [2.45, 2.75) is 30.9 Å². The van der Waals surface area contributed by atoms with E-state index in [0.29, 0.717) is 12.0 Å². The highest BCUT2D eigenvalue weighted by Gasteiger charge is 2.71. The summed E-state index contributed by atoms with van der Waals surface area (Å²) in [6, 6.07) is 10.9. The van der Waals surface area contributed by atoms with Crippen molar-refractivity contribution in [1.82, 2.24) is 4.90 Å². The Hall–Kier alpha value is -0.940. The van der Waals surface area contributed by atoms with Crippen molar-refractivity contribution in [2.75, 3.05) is 32.9 Å². The van der Waals surface area contributed by atoms with Crippen molar-refractivity contribution in [3.63, 3.8) is 0 Å². The Bertz CT molecular complexity index is 516. The van der Waals surface area contributed by atoms with E-state index in [-0.39, 0.29) is 24.0 Å². The van der Waals surface area contributed by atoms with Gasteiger partial charge in [-0.05, 0) is 30.2 Å². The predicted molar refractivity (Wildman–Crippen MR) is 83.6 cm³/mol. The molecular weight excluding hydrogens is 278 g/mol. The summed E-state index contributed by atoms with van der Waals surface area (Å²) in [4.78, 5) is 2.44. The summed E-state index contributed by atoms with van der Waals surface area (Å²) in [5.41, 5.74) is 1.11. The number of rotatable bonds is 3. The fourth-order valence-corrected chi connectivity index (χ4v) is 4.93. The molecule has 2 saturated heterocycles.